The Kier molecular flexibility index (Phi) is 4.62. The molecule has 3 aromatic heterocycles. The summed E-state index contributed by atoms with van der Waals surface area (Å²) in [6.45, 7) is 5.34. The molecular weight excluding hydrogens is 328 g/mol. The number of carbonyl (C=O) groups excluding carboxylic acids is 1. The average Bonchev–Trinajstić information content (AvgIpc) is 2.90. The van der Waals surface area contributed by atoms with Gasteiger partial charge in [0.05, 0.1) is 18.1 Å². The van der Waals surface area contributed by atoms with Crippen LogP contribution < -0.4 is 5.32 Å². The van der Waals surface area contributed by atoms with E-state index in [0.717, 1.165) is 54.8 Å². The molecule has 1 saturated heterocycles. The quantitative estimate of drug-likeness (QED) is 0.755. The van der Waals surface area contributed by atoms with E-state index in [1.54, 1.807) is 18.6 Å². The number of amides is 1. The molecule has 1 aliphatic heterocycles. The number of H-pyrrole nitrogens is 1. The van der Waals surface area contributed by atoms with E-state index in [4.69, 9.17) is 0 Å². The summed E-state index contributed by atoms with van der Waals surface area (Å²) >= 11 is 0. The molecule has 0 aliphatic carbocycles. The van der Waals surface area contributed by atoms with E-state index >= 15 is 0 Å². The summed E-state index contributed by atoms with van der Waals surface area (Å²) in [6.07, 6.45) is 8.89. The fraction of sp³-hybridized carbons (Fsp3) is 0.368. The molecule has 134 valence electrons. The molecule has 1 amide bonds. The molecule has 0 saturated carbocycles. The standard InChI is InChI=1S/C19H22N6O/c1-2-13-9-23-18-15(13)8-14(10-24-18)16-11-22-17(12-21-16)19(26)25-6-3-4-20-5-7-25/h8-12,20H,2-7H2,1H3,(H,23,24). The fourth-order valence-electron chi connectivity index (χ4n) is 3.29. The number of aryl methyl sites for hydroxylation is 1. The Bertz CT molecular complexity index is 909. The molecular formula is C19H22N6O. The van der Waals surface area contributed by atoms with Crippen LogP contribution in [0.3, 0.4) is 0 Å². The minimum Gasteiger partial charge on any atom is -0.346 e. The number of carbonyl (C=O) groups is 1. The van der Waals surface area contributed by atoms with Gasteiger partial charge in [-0.3, -0.25) is 9.78 Å². The molecule has 4 rings (SSSR count). The molecule has 7 heteroatoms. The van der Waals surface area contributed by atoms with Crippen molar-refractivity contribution >= 4 is 16.9 Å². The van der Waals surface area contributed by atoms with Crippen LogP contribution >= 0.6 is 0 Å². The highest BCUT2D eigenvalue weighted by Crippen LogP contribution is 2.23. The van der Waals surface area contributed by atoms with E-state index < -0.39 is 0 Å². The maximum atomic E-state index is 12.6. The lowest BCUT2D eigenvalue weighted by atomic mass is 10.1. The van der Waals surface area contributed by atoms with Crippen LogP contribution in [0, 0.1) is 0 Å². The molecule has 1 fully saturated rings. The first-order valence-corrected chi connectivity index (χ1v) is 9.04. The summed E-state index contributed by atoms with van der Waals surface area (Å²) in [6, 6.07) is 2.07. The first-order chi connectivity index (χ1) is 12.8. The van der Waals surface area contributed by atoms with Crippen molar-refractivity contribution in [1.82, 2.24) is 30.2 Å². The van der Waals surface area contributed by atoms with Crippen LogP contribution in [0.4, 0.5) is 0 Å². The number of pyridine rings is 1. The van der Waals surface area contributed by atoms with Gasteiger partial charge in [-0.15, -0.1) is 0 Å². The Morgan fingerprint density at radius 3 is 2.88 bits per heavy atom. The van der Waals surface area contributed by atoms with Crippen molar-refractivity contribution in [2.45, 2.75) is 19.8 Å². The van der Waals surface area contributed by atoms with Crippen LogP contribution in [0.1, 0.15) is 29.4 Å². The van der Waals surface area contributed by atoms with Crippen molar-refractivity contribution in [2.75, 3.05) is 26.2 Å². The molecule has 1 aliphatic rings. The van der Waals surface area contributed by atoms with Crippen molar-refractivity contribution in [3.05, 3.63) is 42.1 Å². The minimum atomic E-state index is -0.0553. The fourth-order valence-corrected chi connectivity index (χ4v) is 3.29. The van der Waals surface area contributed by atoms with Gasteiger partial charge in [-0.25, -0.2) is 9.97 Å². The molecule has 2 N–H and O–H groups in total. The van der Waals surface area contributed by atoms with E-state index in [9.17, 15) is 4.79 Å². The molecule has 0 unspecified atom stereocenters. The number of hydrogen-bond donors (Lipinski definition) is 2. The average molecular weight is 350 g/mol. The molecule has 3 aromatic rings. The Morgan fingerprint density at radius 2 is 2.08 bits per heavy atom. The second-order valence-electron chi connectivity index (χ2n) is 6.47. The number of aromatic amines is 1. The maximum Gasteiger partial charge on any atom is 0.274 e. The van der Waals surface area contributed by atoms with Gasteiger partial charge in [0.25, 0.3) is 5.91 Å². The number of nitrogens with zero attached hydrogens (tertiary/aromatic N) is 4. The predicted molar refractivity (Wildman–Crippen MR) is 99.9 cm³/mol. The van der Waals surface area contributed by atoms with Gasteiger partial charge in [-0.2, -0.15) is 0 Å². The van der Waals surface area contributed by atoms with Crippen LogP contribution in [0.2, 0.25) is 0 Å². The lowest BCUT2D eigenvalue weighted by Crippen LogP contribution is -2.34. The number of fused-ring (bicyclic) bond motifs is 1. The summed E-state index contributed by atoms with van der Waals surface area (Å²) in [4.78, 5) is 30.9. The Labute approximate surface area is 151 Å². The monoisotopic (exact) mass is 350 g/mol. The Hall–Kier alpha value is -2.80. The van der Waals surface area contributed by atoms with E-state index in [2.05, 4.69) is 38.2 Å². The van der Waals surface area contributed by atoms with Crippen LogP contribution in [0.15, 0.2) is 30.9 Å². The number of hydrogen-bond acceptors (Lipinski definition) is 5. The Morgan fingerprint density at radius 1 is 1.15 bits per heavy atom. The van der Waals surface area contributed by atoms with Gasteiger partial charge >= 0.3 is 0 Å². The highest BCUT2D eigenvalue weighted by atomic mass is 16.2. The van der Waals surface area contributed by atoms with Crippen molar-refractivity contribution < 1.29 is 4.79 Å². The summed E-state index contributed by atoms with van der Waals surface area (Å²) in [5.74, 6) is -0.0553. The molecule has 4 heterocycles. The molecule has 0 aromatic carbocycles. The lowest BCUT2D eigenvalue weighted by molar-refractivity contribution is 0.0760. The van der Waals surface area contributed by atoms with Crippen LogP contribution in [-0.4, -0.2) is 56.9 Å². The van der Waals surface area contributed by atoms with E-state index in [1.165, 1.54) is 5.56 Å². The van der Waals surface area contributed by atoms with Crippen LogP contribution in [0.25, 0.3) is 22.3 Å². The minimum absolute atomic E-state index is 0.0553. The van der Waals surface area contributed by atoms with Gasteiger partial charge < -0.3 is 15.2 Å². The molecule has 0 spiro atoms. The van der Waals surface area contributed by atoms with Crippen LogP contribution in [-0.2, 0) is 6.42 Å². The first-order valence-electron chi connectivity index (χ1n) is 9.04. The van der Waals surface area contributed by atoms with E-state index in [0.29, 0.717) is 12.2 Å². The molecule has 0 radical (unpaired) electrons. The zero-order valence-electron chi connectivity index (χ0n) is 14.8. The zero-order chi connectivity index (χ0) is 17.9. The number of rotatable bonds is 3. The van der Waals surface area contributed by atoms with E-state index in [1.807, 2.05) is 11.1 Å². The third-order valence-corrected chi connectivity index (χ3v) is 4.79. The highest BCUT2D eigenvalue weighted by molar-refractivity contribution is 5.92. The number of aromatic nitrogens is 4. The number of nitrogens with one attached hydrogen (secondary N) is 2. The molecule has 0 bridgehead atoms. The normalized spacial score (nSPS) is 15.2. The molecule has 0 atom stereocenters. The summed E-state index contributed by atoms with van der Waals surface area (Å²) in [7, 11) is 0. The largest absolute Gasteiger partial charge is 0.346 e. The summed E-state index contributed by atoms with van der Waals surface area (Å²) in [5.41, 5.74) is 4.11. The SMILES string of the molecule is CCc1c[nH]c2ncc(-c3cnc(C(=O)N4CCCNCC4)cn3)cc12. The topological polar surface area (TPSA) is 86.8 Å². The van der Waals surface area contributed by atoms with Gasteiger partial charge in [0.1, 0.15) is 11.3 Å². The summed E-state index contributed by atoms with van der Waals surface area (Å²) < 4.78 is 0. The Balaban J connectivity index is 1.58. The third kappa shape index (κ3) is 3.17. The van der Waals surface area contributed by atoms with Crippen molar-refractivity contribution in [2.24, 2.45) is 0 Å². The second-order valence-corrected chi connectivity index (χ2v) is 6.47. The van der Waals surface area contributed by atoms with E-state index in [-0.39, 0.29) is 5.91 Å². The zero-order valence-corrected chi connectivity index (χ0v) is 14.8. The first kappa shape index (κ1) is 16.7. The van der Waals surface area contributed by atoms with Gasteiger partial charge in [0.2, 0.25) is 0 Å². The highest BCUT2D eigenvalue weighted by Gasteiger charge is 2.18. The molecule has 26 heavy (non-hydrogen) atoms. The van der Waals surface area contributed by atoms with Gasteiger partial charge in [-0.05, 0) is 31.0 Å². The van der Waals surface area contributed by atoms with Gasteiger partial charge in [0.15, 0.2) is 0 Å². The third-order valence-electron chi connectivity index (χ3n) is 4.79. The maximum absolute atomic E-state index is 12.6. The smallest absolute Gasteiger partial charge is 0.274 e. The van der Waals surface area contributed by atoms with Crippen molar-refractivity contribution in [1.29, 1.82) is 0 Å². The van der Waals surface area contributed by atoms with Crippen molar-refractivity contribution in [3.63, 3.8) is 0 Å². The summed E-state index contributed by atoms with van der Waals surface area (Å²) in [5, 5.41) is 4.40. The predicted octanol–water partition coefficient (Wildman–Crippen LogP) is 2.02. The lowest BCUT2D eigenvalue weighted by Gasteiger charge is -2.19. The second kappa shape index (κ2) is 7.21. The van der Waals surface area contributed by atoms with Gasteiger partial charge in [-0.1, -0.05) is 6.92 Å². The van der Waals surface area contributed by atoms with Gasteiger partial charge in [0, 0.05) is 43.0 Å². The van der Waals surface area contributed by atoms with Crippen molar-refractivity contribution in [3.8, 4) is 11.3 Å². The molecule has 7 nitrogen and oxygen atoms in total. The van der Waals surface area contributed by atoms with Crippen LogP contribution in [0.5, 0.6) is 0 Å².